The molecular weight excluding hydrogens is 156 g/mol. The van der Waals surface area contributed by atoms with E-state index in [4.69, 9.17) is 5.11 Å². The summed E-state index contributed by atoms with van der Waals surface area (Å²) in [5.41, 5.74) is 0.0490. The lowest BCUT2D eigenvalue weighted by Gasteiger charge is -1.89. The van der Waals surface area contributed by atoms with Crippen molar-refractivity contribution in [3.8, 4) is 11.8 Å². The average molecular weight is 164 g/mol. The number of aromatic nitrogens is 2. The molecule has 0 aliphatic carbocycles. The van der Waals surface area contributed by atoms with Crippen molar-refractivity contribution in [1.29, 1.82) is 0 Å². The molecule has 0 spiro atoms. The van der Waals surface area contributed by atoms with E-state index in [9.17, 15) is 4.79 Å². The zero-order chi connectivity index (χ0) is 8.97. The van der Waals surface area contributed by atoms with Gasteiger partial charge in [0.2, 0.25) is 0 Å². The third kappa shape index (κ3) is 1.86. The first-order valence-electron chi connectivity index (χ1n) is 3.38. The highest BCUT2D eigenvalue weighted by molar-refractivity contribution is 5.84. The molecule has 0 aliphatic heterocycles. The number of carbonyl (C=O) groups is 1. The normalized spacial score (nSPS) is 8.75. The Bertz CT molecular complexity index is 343. The predicted octanol–water partition coefficient (Wildman–Crippen LogP) is 0.605. The van der Waals surface area contributed by atoms with Crippen LogP contribution in [0, 0.1) is 11.8 Å². The molecule has 4 heteroatoms. The van der Waals surface area contributed by atoms with E-state index in [1.807, 2.05) is 0 Å². The van der Waals surface area contributed by atoms with Crippen LogP contribution in [0.15, 0.2) is 12.5 Å². The predicted molar refractivity (Wildman–Crippen MR) is 42.6 cm³/mol. The molecule has 12 heavy (non-hydrogen) atoms. The zero-order valence-electron chi connectivity index (χ0n) is 6.61. The minimum atomic E-state index is -1.02. The van der Waals surface area contributed by atoms with Gasteiger partial charge in [0.1, 0.15) is 0 Å². The molecule has 0 unspecified atom stereocenters. The third-order valence-corrected chi connectivity index (χ3v) is 1.29. The summed E-state index contributed by atoms with van der Waals surface area (Å²) in [5, 5.41) is 8.51. The molecule has 1 aromatic rings. The van der Waals surface area contributed by atoms with Gasteiger partial charge in [-0.1, -0.05) is 5.92 Å². The highest BCUT2D eigenvalue weighted by Gasteiger charge is 2.04. The van der Waals surface area contributed by atoms with E-state index < -0.39 is 5.97 Å². The van der Waals surface area contributed by atoms with Gasteiger partial charge >= 0.3 is 5.97 Å². The lowest BCUT2D eigenvalue weighted by atomic mass is 10.5. The first kappa shape index (κ1) is 8.34. The Balaban J connectivity index is 2.75. The average Bonchev–Trinajstić information content (AvgIpc) is 2.48. The fraction of sp³-hybridized carbons (Fsp3) is 0.250. The quantitative estimate of drug-likeness (QED) is 0.651. The number of hydrogen-bond donors (Lipinski definition) is 1. The summed E-state index contributed by atoms with van der Waals surface area (Å²) in [6.45, 7) is 2.21. The lowest BCUT2D eigenvalue weighted by Crippen LogP contribution is -1.96. The van der Waals surface area contributed by atoms with Gasteiger partial charge in [0.25, 0.3) is 0 Å². The van der Waals surface area contributed by atoms with Crippen molar-refractivity contribution < 1.29 is 9.90 Å². The Morgan fingerprint density at radius 3 is 3.08 bits per heavy atom. The van der Waals surface area contributed by atoms with Crippen LogP contribution in [-0.4, -0.2) is 20.6 Å². The summed E-state index contributed by atoms with van der Waals surface area (Å²) < 4.78 is 1.62. The van der Waals surface area contributed by atoms with Crippen LogP contribution >= 0.6 is 0 Å². The summed E-state index contributed by atoms with van der Waals surface area (Å²) in [6, 6.07) is 0. The van der Waals surface area contributed by atoms with Crippen LogP contribution in [0.5, 0.6) is 0 Å². The van der Waals surface area contributed by atoms with Gasteiger partial charge in [-0.3, -0.25) is 0 Å². The Kier molecular flexibility index (Phi) is 2.49. The Morgan fingerprint density at radius 1 is 1.83 bits per heavy atom. The molecule has 0 fully saturated rings. The molecule has 1 heterocycles. The third-order valence-electron chi connectivity index (χ3n) is 1.29. The maximum atomic E-state index is 10.4. The van der Waals surface area contributed by atoms with E-state index >= 15 is 0 Å². The summed E-state index contributed by atoms with van der Waals surface area (Å²) in [5.74, 6) is 4.49. The maximum Gasteiger partial charge on any atom is 0.356 e. The van der Waals surface area contributed by atoms with Gasteiger partial charge in [-0.25, -0.2) is 9.78 Å². The number of nitrogens with zero attached hydrogens (tertiary/aromatic N) is 2. The smallest absolute Gasteiger partial charge is 0.356 e. The highest BCUT2D eigenvalue weighted by Crippen LogP contribution is 1.94. The van der Waals surface area contributed by atoms with Crippen molar-refractivity contribution in [3.63, 3.8) is 0 Å². The van der Waals surface area contributed by atoms with Crippen molar-refractivity contribution in [2.75, 3.05) is 0 Å². The van der Waals surface area contributed by atoms with Gasteiger partial charge in [0.05, 0.1) is 12.9 Å². The van der Waals surface area contributed by atoms with Crippen molar-refractivity contribution >= 4 is 5.97 Å². The fourth-order valence-corrected chi connectivity index (χ4v) is 0.727. The Hall–Kier alpha value is -1.76. The Labute approximate surface area is 69.8 Å². The molecule has 0 aromatic carbocycles. The molecular formula is C8H8N2O2. The molecule has 0 radical (unpaired) electrons. The molecule has 4 nitrogen and oxygen atoms in total. The molecule has 0 amide bonds. The molecule has 1 N–H and O–H groups in total. The molecule has 1 aromatic heterocycles. The van der Waals surface area contributed by atoms with Crippen LogP contribution in [-0.2, 0) is 6.54 Å². The molecule has 0 saturated heterocycles. The highest BCUT2D eigenvalue weighted by atomic mass is 16.4. The fourth-order valence-electron chi connectivity index (χ4n) is 0.727. The van der Waals surface area contributed by atoms with E-state index in [-0.39, 0.29) is 5.69 Å². The van der Waals surface area contributed by atoms with Crippen molar-refractivity contribution in [3.05, 3.63) is 18.2 Å². The zero-order valence-corrected chi connectivity index (χ0v) is 6.61. The number of carboxylic acid groups (broad SMARTS) is 1. The van der Waals surface area contributed by atoms with Crippen molar-refractivity contribution in [1.82, 2.24) is 9.55 Å². The monoisotopic (exact) mass is 164 g/mol. The van der Waals surface area contributed by atoms with Crippen LogP contribution in [0.25, 0.3) is 0 Å². The second-order valence-electron chi connectivity index (χ2n) is 2.16. The molecule has 62 valence electrons. The van der Waals surface area contributed by atoms with Crippen LogP contribution in [0.2, 0.25) is 0 Å². The van der Waals surface area contributed by atoms with E-state index in [1.165, 1.54) is 12.5 Å². The summed E-state index contributed by atoms with van der Waals surface area (Å²) in [7, 11) is 0. The second-order valence-corrected chi connectivity index (χ2v) is 2.16. The topological polar surface area (TPSA) is 55.1 Å². The SMILES string of the molecule is CC#CCn1cnc(C(=O)O)c1. The number of rotatable bonds is 2. The summed E-state index contributed by atoms with van der Waals surface area (Å²) in [6.07, 6.45) is 2.90. The minimum Gasteiger partial charge on any atom is -0.476 e. The van der Waals surface area contributed by atoms with Crippen LogP contribution in [0.4, 0.5) is 0 Å². The molecule has 0 aliphatic rings. The summed E-state index contributed by atoms with van der Waals surface area (Å²) >= 11 is 0. The Morgan fingerprint density at radius 2 is 2.58 bits per heavy atom. The molecule has 0 bridgehead atoms. The van der Waals surface area contributed by atoms with Gasteiger partial charge in [-0.15, -0.1) is 5.92 Å². The minimum absolute atomic E-state index is 0.0490. The maximum absolute atomic E-state index is 10.4. The molecule has 0 atom stereocenters. The lowest BCUT2D eigenvalue weighted by molar-refractivity contribution is 0.0691. The van der Waals surface area contributed by atoms with E-state index in [2.05, 4.69) is 16.8 Å². The van der Waals surface area contributed by atoms with Crippen LogP contribution in [0.1, 0.15) is 17.4 Å². The number of carboxylic acids is 1. The first-order valence-corrected chi connectivity index (χ1v) is 3.38. The number of hydrogen-bond acceptors (Lipinski definition) is 2. The first-order chi connectivity index (χ1) is 5.74. The number of imidazole rings is 1. The van der Waals surface area contributed by atoms with E-state index in [1.54, 1.807) is 11.5 Å². The number of aromatic carboxylic acids is 1. The van der Waals surface area contributed by atoms with Gasteiger partial charge in [-0.2, -0.15) is 0 Å². The van der Waals surface area contributed by atoms with Crippen LogP contribution in [0.3, 0.4) is 0 Å². The van der Waals surface area contributed by atoms with Gasteiger partial charge in [-0.05, 0) is 6.92 Å². The van der Waals surface area contributed by atoms with Gasteiger partial charge in [0.15, 0.2) is 5.69 Å². The van der Waals surface area contributed by atoms with Crippen molar-refractivity contribution in [2.24, 2.45) is 0 Å². The van der Waals surface area contributed by atoms with Crippen LogP contribution < -0.4 is 0 Å². The largest absolute Gasteiger partial charge is 0.476 e. The standard InChI is InChI=1S/C8H8N2O2/c1-2-3-4-10-5-7(8(11)12)9-6-10/h5-6H,4H2,1H3,(H,11,12). The van der Waals surface area contributed by atoms with E-state index in [0.29, 0.717) is 6.54 Å². The van der Waals surface area contributed by atoms with Gasteiger partial charge < -0.3 is 9.67 Å². The summed E-state index contributed by atoms with van der Waals surface area (Å²) in [4.78, 5) is 14.0. The van der Waals surface area contributed by atoms with Crippen molar-refractivity contribution in [2.45, 2.75) is 13.5 Å². The van der Waals surface area contributed by atoms with E-state index in [0.717, 1.165) is 0 Å². The molecule has 0 saturated carbocycles. The second kappa shape index (κ2) is 3.58. The van der Waals surface area contributed by atoms with Gasteiger partial charge in [0, 0.05) is 6.20 Å². The molecule has 1 rings (SSSR count).